The average molecular weight is 417 g/mol. The van der Waals surface area contributed by atoms with Gasteiger partial charge in [-0.25, -0.2) is 0 Å². The molecule has 0 fully saturated rings. The molecule has 1 spiro atoms. The maximum absolute atomic E-state index is 10.3. The van der Waals surface area contributed by atoms with E-state index in [1.54, 1.807) is 0 Å². The van der Waals surface area contributed by atoms with E-state index in [1.165, 1.54) is 10.6 Å². The first-order valence-electron chi connectivity index (χ1n) is 11.0. The second-order valence-corrected chi connectivity index (χ2v) is 7.98. The molecule has 2 heterocycles. The number of nitrogens with zero attached hydrogens (tertiary/aromatic N) is 2. The summed E-state index contributed by atoms with van der Waals surface area (Å²) in [4.78, 5) is 2.30. The van der Waals surface area contributed by atoms with Crippen LogP contribution in [0.3, 0.4) is 0 Å². The van der Waals surface area contributed by atoms with Crippen molar-refractivity contribution in [3.8, 4) is 11.5 Å². The fourth-order valence-electron chi connectivity index (χ4n) is 4.86. The third-order valence-corrected chi connectivity index (χ3v) is 6.48. The molecule has 2 aliphatic heterocycles. The smallest absolute Gasteiger partial charge is 0.151 e. The lowest BCUT2D eigenvalue weighted by Crippen LogP contribution is -2.33. The molecule has 1 N–H and O–H groups in total. The van der Waals surface area contributed by atoms with Gasteiger partial charge in [-0.15, -0.1) is 0 Å². The molecule has 0 amide bonds. The van der Waals surface area contributed by atoms with E-state index in [4.69, 9.17) is 9.47 Å². The lowest BCUT2D eigenvalue weighted by molar-refractivity contribution is 0.0199. The molecule has 3 aromatic rings. The maximum Gasteiger partial charge on any atom is 0.151 e. The number of ether oxygens (including phenoxy) is 2. The molecular formula is C26H28N2O3. The van der Waals surface area contributed by atoms with Crippen LogP contribution in [-0.2, 0) is 16.9 Å². The highest BCUT2D eigenvalue weighted by Crippen LogP contribution is 2.57. The monoisotopic (exact) mass is 416 g/mol. The summed E-state index contributed by atoms with van der Waals surface area (Å²) < 4.78 is 13.1. The van der Waals surface area contributed by atoms with E-state index < -0.39 is 5.60 Å². The first-order chi connectivity index (χ1) is 15.1. The quantitative estimate of drug-likeness (QED) is 0.543. The van der Waals surface area contributed by atoms with Crippen LogP contribution in [0, 0.1) is 0 Å². The van der Waals surface area contributed by atoms with E-state index in [2.05, 4.69) is 61.2 Å². The molecule has 2 aliphatic rings. The van der Waals surface area contributed by atoms with Gasteiger partial charge in [-0.1, -0.05) is 24.3 Å². The molecule has 5 heteroatoms. The van der Waals surface area contributed by atoms with Gasteiger partial charge in [0.15, 0.2) is 5.60 Å². The maximum atomic E-state index is 10.3. The Morgan fingerprint density at radius 1 is 0.806 bits per heavy atom. The Morgan fingerprint density at radius 3 is 2.13 bits per heavy atom. The van der Waals surface area contributed by atoms with Crippen LogP contribution >= 0.6 is 0 Å². The fourth-order valence-corrected chi connectivity index (χ4v) is 4.86. The summed E-state index contributed by atoms with van der Waals surface area (Å²) >= 11 is 0. The molecule has 3 aromatic carbocycles. The molecule has 0 aromatic heterocycles. The van der Waals surface area contributed by atoms with E-state index in [0.29, 0.717) is 24.6 Å². The van der Waals surface area contributed by atoms with Gasteiger partial charge in [-0.05, 0) is 56.2 Å². The molecule has 0 bridgehead atoms. The Kier molecular flexibility index (Phi) is 4.88. The number of hydrogen-bond acceptors (Lipinski definition) is 5. The Labute approximate surface area is 183 Å². The number of benzene rings is 3. The minimum Gasteiger partial charge on any atom is -0.456 e. The largest absolute Gasteiger partial charge is 0.456 e. The lowest BCUT2D eigenvalue weighted by Gasteiger charge is -2.38. The van der Waals surface area contributed by atoms with Crippen LogP contribution in [0.4, 0.5) is 11.4 Å². The zero-order valence-corrected chi connectivity index (χ0v) is 18.3. The Morgan fingerprint density at radius 2 is 1.45 bits per heavy atom. The van der Waals surface area contributed by atoms with Crippen LogP contribution in [0.25, 0.3) is 0 Å². The van der Waals surface area contributed by atoms with E-state index in [9.17, 15) is 5.21 Å². The van der Waals surface area contributed by atoms with Crippen LogP contribution in [0.15, 0.2) is 60.7 Å². The predicted molar refractivity (Wildman–Crippen MR) is 122 cm³/mol. The van der Waals surface area contributed by atoms with Gasteiger partial charge >= 0.3 is 0 Å². The van der Waals surface area contributed by atoms with Crippen molar-refractivity contribution in [2.24, 2.45) is 0 Å². The highest BCUT2D eigenvalue weighted by atomic mass is 16.5. The zero-order valence-electron chi connectivity index (χ0n) is 18.3. The predicted octanol–water partition coefficient (Wildman–Crippen LogP) is 5.68. The van der Waals surface area contributed by atoms with Crippen molar-refractivity contribution in [2.45, 2.75) is 33.0 Å². The average Bonchev–Trinajstić information content (AvgIpc) is 3.19. The molecule has 1 unspecified atom stereocenters. The van der Waals surface area contributed by atoms with Gasteiger partial charge in [0.2, 0.25) is 0 Å². The summed E-state index contributed by atoms with van der Waals surface area (Å²) in [5.74, 6) is 1.51. The molecule has 0 saturated heterocycles. The van der Waals surface area contributed by atoms with Crippen molar-refractivity contribution in [1.29, 1.82) is 0 Å². The third kappa shape index (κ3) is 2.92. The van der Waals surface area contributed by atoms with Crippen LogP contribution in [0.2, 0.25) is 0 Å². The van der Waals surface area contributed by atoms with Crippen molar-refractivity contribution in [1.82, 2.24) is 0 Å². The van der Waals surface area contributed by atoms with Gasteiger partial charge < -0.3 is 14.4 Å². The van der Waals surface area contributed by atoms with Gasteiger partial charge in [0.05, 0.1) is 12.3 Å². The van der Waals surface area contributed by atoms with E-state index in [1.807, 2.05) is 25.1 Å². The summed E-state index contributed by atoms with van der Waals surface area (Å²) in [6, 6.07) is 20.7. The lowest BCUT2D eigenvalue weighted by atomic mass is 9.77. The number of hydroxylamine groups is 1. The SMILES string of the molecule is CCN(O)c1ccc2c(c1)Oc1cc(N(CC)CC)ccc1C21OCc2ccccc21. The Hall–Kier alpha value is -3.02. The number of fused-ring (bicyclic) bond motifs is 6. The topological polar surface area (TPSA) is 45.2 Å². The normalized spacial score (nSPS) is 18.2. The summed E-state index contributed by atoms with van der Waals surface area (Å²) in [7, 11) is 0. The molecule has 31 heavy (non-hydrogen) atoms. The minimum absolute atomic E-state index is 0.492. The summed E-state index contributed by atoms with van der Waals surface area (Å²) in [6.45, 7) is 9.12. The van der Waals surface area contributed by atoms with Crippen molar-refractivity contribution in [3.05, 3.63) is 82.9 Å². The Bertz CT molecular complexity index is 1130. The fraction of sp³-hybridized carbons (Fsp3) is 0.308. The van der Waals surface area contributed by atoms with Gasteiger partial charge in [0.25, 0.3) is 0 Å². The van der Waals surface area contributed by atoms with Crippen LogP contribution in [0.5, 0.6) is 11.5 Å². The van der Waals surface area contributed by atoms with Crippen molar-refractivity contribution in [2.75, 3.05) is 29.6 Å². The highest BCUT2D eigenvalue weighted by Gasteiger charge is 2.49. The van der Waals surface area contributed by atoms with E-state index in [0.717, 1.165) is 41.2 Å². The molecular weight excluding hydrogens is 388 g/mol. The first kappa shape index (κ1) is 19.9. The molecule has 5 nitrogen and oxygen atoms in total. The zero-order chi connectivity index (χ0) is 21.6. The molecule has 0 radical (unpaired) electrons. The molecule has 5 rings (SSSR count). The van der Waals surface area contributed by atoms with Gasteiger partial charge in [-0.3, -0.25) is 10.3 Å². The highest BCUT2D eigenvalue weighted by molar-refractivity contribution is 5.69. The van der Waals surface area contributed by atoms with Gasteiger partial charge in [0.1, 0.15) is 11.5 Å². The van der Waals surface area contributed by atoms with Crippen LogP contribution in [0.1, 0.15) is 43.0 Å². The van der Waals surface area contributed by atoms with E-state index >= 15 is 0 Å². The summed E-state index contributed by atoms with van der Waals surface area (Å²) in [5.41, 5.74) is 5.44. The van der Waals surface area contributed by atoms with Crippen LogP contribution < -0.4 is 14.7 Å². The third-order valence-electron chi connectivity index (χ3n) is 6.48. The summed E-state index contributed by atoms with van der Waals surface area (Å²) in [5, 5.41) is 11.5. The van der Waals surface area contributed by atoms with Crippen molar-refractivity contribution >= 4 is 11.4 Å². The van der Waals surface area contributed by atoms with Crippen molar-refractivity contribution in [3.63, 3.8) is 0 Å². The molecule has 160 valence electrons. The number of hydrogen-bond donors (Lipinski definition) is 1. The molecule has 0 saturated carbocycles. The van der Waals surface area contributed by atoms with E-state index in [-0.39, 0.29) is 0 Å². The number of anilines is 2. The minimum atomic E-state index is -0.716. The summed E-state index contributed by atoms with van der Waals surface area (Å²) in [6.07, 6.45) is 0. The van der Waals surface area contributed by atoms with Gasteiger partial charge in [0, 0.05) is 48.6 Å². The standard InChI is InChI=1S/C26H28N2O3/c1-4-27(5-2)19-11-13-22-24(15-19)31-25-16-20(28(29)6-3)12-14-23(25)26(22)21-10-8-7-9-18(21)17-30-26/h7-16,29H,4-6,17H2,1-3H3. The van der Waals surface area contributed by atoms with Crippen LogP contribution in [-0.4, -0.2) is 24.8 Å². The second-order valence-electron chi connectivity index (χ2n) is 7.98. The van der Waals surface area contributed by atoms with Crippen molar-refractivity contribution < 1.29 is 14.7 Å². The molecule has 1 atom stereocenters. The molecule has 0 aliphatic carbocycles. The number of rotatable bonds is 5. The first-order valence-corrected chi connectivity index (χ1v) is 11.0. The Balaban J connectivity index is 1.74. The second kappa shape index (κ2) is 7.59. The van der Waals surface area contributed by atoms with Gasteiger partial charge in [-0.2, -0.15) is 0 Å².